The highest BCUT2D eigenvalue weighted by molar-refractivity contribution is 6.01. The van der Waals surface area contributed by atoms with Crippen molar-refractivity contribution in [3.8, 4) is 0 Å². The molecule has 5 nitrogen and oxygen atoms in total. The van der Waals surface area contributed by atoms with E-state index in [2.05, 4.69) is 0 Å². The Kier molecular flexibility index (Phi) is 4.43. The Balaban J connectivity index is 1.81. The van der Waals surface area contributed by atoms with Gasteiger partial charge >= 0.3 is 5.97 Å². The summed E-state index contributed by atoms with van der Waals surface area (Å²) in [7, 11) is 0. The third kappa shape index (κ3) is 3.47. The minimum atomic E-state index is -1.12. The van der Waals surface area contributed by atoms with Crippen molar-refractivity contribution in [2.45, 2.75) is 13.0 Å². The van der Waals surface area contributed by atoms with E-state index in [-0.39, 0.29) is 22.3 Å². The molecule has 6 heteroatoms. The molecular formula is C19H13FO5. The van der Waals surface area contributed by atoms with Crippen LogP contribution in [-0.2, 0) is 4.74 Å². The van der Waals surface area contributed by atoms with Crippen LogP contribution in [0.2, 0.25) is 0 Å². The molecule has 0 N–H and O–H groups in total. The summed E-state index contributed by atoms with van der Waals surface area (Å²) in [4.78, 5) is 36.4. The first-order valence-electron chi connectivity index (χ1n) is 7.49. The molecule has 0 aliphatic heterocycles. The van der Waals surface area contributed by atoms with Gasteiger partial charge < -0.3 is 9.15 Å². The molecule has 0 fully saturated rings. The van der Waals surface area contributed by atoms with E-state index in [0.29, 0.717) is 5.39 Å². The van der Waals surface area contributed by atoms with E-state index in [1.807, 2.05) is 0 Å². The number of carbonyl (C=O) groups is 2. The molecule has 0 aliphatic carbocycles. The van der Waals surface area contributed by atoms with Crippen molar-refractivity contribution in [3.05, 3.63) is 82.0 Å². The molecule has 1 heterocycles. The van der Waals surface area contributed by atoms with Crippen molar-refractivity contribution in [2.75, 3.05) is 0 Å². The van der Waals surface area contributed by atoms with Crippen molar-refractivity contribution in [3.63, 3.8) is 0 Å². The molecule has 0 radical (unpaired) electrons. The summed E-state index contributed by atoms with van der Waals surface area (Å²) in [5.41, 5.74) is 0.0763. The fourth-order valence-corrected chi connectivity index (χ4v) is 2.33. The summed E-state index contributed by atoms with van der Waals surface area (Å²) in [5.74, 6) is -2.18. The second-order valence-corrected chi connectivity index (χ2v) is 5.39. The zero-order valence-electron chi connectivity index (χ0n) is 13.2. The van der Waals surface area contributed by atoms with E-state index in [1.54, 1.807) is 24.3 Å². The first-order valence-corrected chi connectivity index (χ1v) is 7.49. The maximum atomic E-state index is 12.9. The van der Waals surface area contributed by atoms with Gasteiger partial charge in [0, 0.05) is 11.6 Å². The van der Waals surface area contributed by atoms with E-state index in [9.17, 15) is 18.8 Å². The van der Waals surface area contributed by atoms with Gasteiger partial charge in [-0.05, 0) is 43.3 Å². The lowest BCUT2D eigenvalue weighted by atomic mass is 10.1. The van der Waals surface area contributed by atoms with Crippen molar-refractivity contribution >= 4 is 22.7 Å². The summed E-state index contributed by atoms with van der Waals surface area (Å²) in [6.07, 6.45) is -1.12. The summed E-state index contributed by atoms with van der Waals surface area (Å²) in [5, 5.41) is 0.342. The van der Waals surface area contributed by atoms with Crippen molar-refractivity contribution in [2.24, 2.45) is 0 Å². The van der Waals surface area contributed by atoms with Crippen molar-refractivity contribution in [1.29, 1.82) is 0 Å². The lowest BCUT2D eigenvalue weighted by Crippen LogP contribution is -2.25. The third-order valence-corrected chi connectivity index (χ3v) is 3.62. The molecule has 1 aromatic heterocycles. The quantitative estimate of drug-likeness (QED) is 0.538. The van der Waals surface area contributed by atoms with Crippen molar-refractivity contribution < 1.29 is 23.1 Å². The summed E-state index contributed by atoms with van der Waals surface area (Å²) in [6.45, 7) is 1.39. The summed E-state index contributed by atoms with van der Waals surface area (Å²) < 4.78 is 23.4. The van der Waals surface area contributed by atoms with Gasteiger partial charge in [-0.25, -0.2) is 9.18 Å². The van der Waals surface area contributed by atoms with Crippen LogP contribution in [0.15, 0.2) is 63.8 Å². The molecule has 0 aliphatic rings. The highest BCUT2D eigenvalue weighted by atomic mass is 19.1. The lowest BCUT2D eigenvalue weighted by molar-refractivity contribution is 0.0289. The smallest absolute Gasteiger partial charge is 0.375 e. The molecule has 0 bridgehead atoms. The largest absolute Gasteiger partial charge is 0.449 e. The number of esters is 1. The maximum absolute atomic E-state index is 12.9. The van der Waals surface area contributed by atoms with Crippen LogP contribution in [0.5, 0.6) is 0 Å². The lowest BCUT2D eigenvalue weighted by Gasteiger charge is -2.12. The molecule has 0 amide bonds. The number of Topliss-reactive ketones (excluding diaryl/α,β-unsaturated/α-hetero) is 1. The molecule has 0 unspecified atom stereocenters. The molecule has 3 aromatic rings. The number of benzene rings is 2. The number of ketones is 1. The molecular weight excluding hydrogens is 327 g/mol. The number of para-hydroxylation sites is 1. The van der Waals surface area contributed by atoms with Crippen LogP contribution < -0.4 is 5.43 Å². The summed E-state index contributed by atoms with van der Waals surface area (Å²) >= 11 is 0. The van der Waals surface area contributed by atoms with Gasteiger partial charge in [-0.15, -0.1) is 0 Å². The Morgan fingerprint density at radius 3 is 2.48 bits per heavy atom. The van der Waals surface area contributed by atoms with Gasteiger partial charge in [0.15, 0.2) is 11.5 Å². The monoisotopic (exact) mass is 340 g/mol. The van der Waals surface area contributed by atoms with Gasteiger partial charge in [-0.3, -0.25) is 9.59 Å². The average Bonchev–Trinajstić information content (AvgIpc) is 2.61. The minimum absolute atomic E-state index is 0.210. The van der Waals surface area contributed by atoms with Crippen LogP contribution in [0, 0.1) is 5.82 Å². The first kappa shape index (κ1) is 16.6. The first-order chi connectivity index (χ1) is 12.0. The van der Waals surface area contributed by atoms with Gasteiger partial charge in [0.2, 0.25) is 11.5 Å². The van der Waals surface area contributed by atoms with Crippen LogP contribution >= 0.6 is 0 Å². The molecule has 25 heavy (non-hydrogen) atoms. The van der Waals surface area contributed by atoms with Crippen LogP contribution in [-0.4, -0.2) is 17.9 Å². The standard InChI is InChI=1S/C19H13FO5/c1-11(18(22)12-6-8-13(20)9-7-12)24-19(23)17-10-15(21)14-4-2-3-5-16(14)25-17/h2-11H,1H3/t11-/m1/s1. The fourth-order valence-electron chi connectivity index (χ4n) is 2.33. The molecule has 0 spiro atoms. The number of hydrogen-bond acceptors (Lipinski definition) is 5. The molecule has 0 saturated carbocycles. The maximum Gasteiger partial charge on any atom is 0.375 e. The van der Waals surface area contributed by atoms with E-state index in [0.717, 1.165) is 18.2 Å². The number of hydrogen-bond donors (Lipinski definition) is 0. The number of carbonyl (C=O) groups excluding carboxylic acids is 2. The summed E-state index contributed by atoms with van der Waals surface area (Å²) in [6, 6.07) is 12.4. The fraction of sp³-hybridized carbons (Fsp3) is 0.105. The molecule has 2 aromatic carbocycles. The molecule has 0 saturated heterocycles. The SMILES string of the molecule is C[C@@H](OC(=O)c1cc(=O)c2ccccc2o1)C(=O)c1ccc(F)cc1. The van der Waals surface area contributed by atoms with E-state index < -0.39 is 23.7 Å². The highest BCUT2D eigenvalue weighted by Gasteiger charge is 2.22. The number of ether oxygens (including phenoxy) is 1. The topological polar surface area (TPSA) is 73.6 Å². The predicted octanol–water partition coefficient (Wildman–Crippen LogP) is 3.36. The Labute approximate surface area is 141 Å². The van der Waals surface area contributed by atoms with Gasteiger partial charge in [0.25, 0.3) is 0 Å². The second-order valence-electron chi connectivity index (χ2n) is 5.39. The number of halogens is 1. The van der Waals surface area contributed by atoms with E-state index in [1.165, 1.54) is 19.1 Å². The van der Waals surface area contributed by atoms with E-state index in [4.69, 9.17) is 9.15 Å². The Bertz CT molecular complexity index is 1000. The Morgan fingerprint density at radius 2 is 1.76 bits per heavy atom. The van der Waals surface area contributed by atoms with Gasteiger partial charge in [-0.1, -0.05) is 12.1 Å². The second kappa shape index (κ2) is 6.68. The molecule has 3 rings (SSSR count). The normalized spacial score (nSPS) is 11.9. The number of fused-ring (bicyclic) bond motifs is 1. The van der Waals surface area contributed by atoms with Crippen LogP contribution in [0.3, 0.4) is 0 Å². The Hall–Kier alpha value is -3.28. The minimum Gasteiger partial charge on any atom is -0.449 e. The molecule has 126 valence electrons. The van der Waals surface area contributed by atoms with Crippen molar-refractivity contribution in [1.82, 2.24) is 0 Å². The number of rotatable bonds is 4. The van der Waals surface area contributed by atoms with E-state index >= 15 is 0 Å². The van der Waals surface area contributed by atoms with Gasteiger partial charge in [0.1, 0.15) is 11.4 Å². The Morgan fingerprint density at radius 1 is 1.08 bits per heavy atom. The molecule has 1 atom stereocenters. The van der Waals surface area contributed by atoms with Gasteiger partial charge in [0.05, 0.1) is 5.39 Å². The highest BCUT2D eigenvalue weighted by Crippen LogP contribution is 2.14. The van der Waals surface area contributed by atoms with Crippen LogP contribution in [0.25, 0.3) is 11.0 Å². The zero-order chi connectivity index (χ0) is 18.0. The van der Waals surface area contributed by atoms with Gasteiger partial charge in [-0.2, -0.15) is 0 Å². The van der Waals surface area contributed by atoms with Crippen LogP contribution in [0.1, 0.15) is 27.8 Å². The van der Waals surface area contributed by atoms with Crippen LogP contribution in [0.4, 0.5) is 4.39 Å². The predicted molar refractivity (Wildman–Crippen MR) is 88.1 cm³/mol. The third-order valence-electron chi connectivity index (χ3n) is 3.62. The zero-order valence-corrected chi connectivity index (χ0v) is 13.2. The average molecular weight is 340 g/mol.